The second-order valence-corrected chi connectivity index (χ2v) is 3.84. The molecule has 6 heteroatoms. The standard InChI is InChI=1S/C9H17N5O/c1-13-2-3-15-8(5-13)6-14-7-11-9(4-10)12-14/h7-8H,2-6,10H2,1H3. The average molecular weight is 211 g/mol. The van der Waals surface area contributed by atoms with Crippen molar-refractivity contribution < 1.29 is 4.74 Å². The number of aromatic nitrogens is 3. The van der Waals surface area contributed by atoms with Gasteiger partial charge in [-0.15, -0.1) is 0 Å². The number of hydrogen-bond donors (Lipinski definition) is 1. The molecule has 1 aliphatic heterocycles. The summed E-state index contributed by atoms with van der Waals surface area (Å²) < 4.78 is 7.43. The lowest BCUT2D eigenvalue weighted by Gasteiger charge is -2.29. The van der Waals surface area contributed by atoms with Gasteiger partial charge >= 0.3 is 0 Å². The molecule has 1 aromatic heterocycles. The summed E-state index contributed by atoms with van der Waals surface area (Å²) in [5, 5.41) is 4.23. The van der Waals surface area contributed by atoms with Gasteiger partial charge in [-0.3, -0.25) is 0 Å². The third kappa shape index (κ3) is 2.74. The van der Waals surface area contributed by atoms with Gasteiger partial charge in [0.2, 0.25) is 0 Å². The van der Waals surface area contributed by atoms with Crippen molar-refractivity contribution in [2.24, 2.45) is 5.73 Å². The molecule has 1 atom stereocenters. The topological polar surface area (TPSA) is 69.2 Å². The van der Waals surface area contributed by atoms with Crippen molar-refractivity contribution in [2.45, 2.75) is 19.2 Å². The maximum absolute atomic E-state index is 5.63. The summed E-state index contributed by atoms with van der Waals surface area (Å²) in [5.74, 6) is 0.680. The van der Waals surface area contributed by atoms with Crippen LogP contribution < -0.4 is 5.73 Å². The summed E-state index contributed by atoms with van der Waals surface area (Å²) >= 11 is 0. The van der Waals surface area contributed by atoms with Crippen molar-refractivity contribution in [2.75, 3.05) is 26.7 Å². The lowest BCUT2D eigenvalue weighted by atomic mass is 10.3. The number of rotatable bonds is 3. The Labute approximate surface area is 89.0 Å². The second-order valence-electron chi connectivity index (χ2n) is 3.84. The molecule has 2 heterocycles. The Morgan fingerprint density at radius 2 is 2.53 bits per heavy atom. The zero-order chi connectivity index (χ0) is 10.7. The molecular weight excluding hydrogens is 194 g/mol. The summed E-state index contributed by atoms with van der Waals surface area (Å²) in [7, 11) is 2.10. The fourth-order valence-corrected chi connectivity index (χ4v) is 1.70. The number of nitrogens with zero attached hydrogens (tertiary/aromatic N) is 4. The van der Waals surface area contributed by atoms with Crippen LogP contribution in [0.1, 0.15) is 5.82 Å². The second kappa shape index (κ2) is 4.69. The first-order valence-corrected chi connectivity index (χ1v) is 5.16. The first kappa shape index (κ1) is 10.5. The van der Waals surface area contributed by atoms with E-state index in [0.29, 0.717) is 12.4 Å². The van der Waals surface area contributed by atoms with Gasteiger partial charge in [0, 0.05) is 13.1 Å². The molecular formula is C9H17N5O. The first-order chi connectivity index (χ1) is 7.28. The lowest BCUT2D eigenvalue weighted by Crippen LogP contribution is -2.42. The van der Waals surface area contributed by atoms with Gasteiger partial charge in [-0.05, 0) is 7.05 Å². The van der Waals surface area contributed by atoms with E-state index in [-0.39, 0.29) is 6.10 Å². The molecule has 0 saturated carbocycles. The highest BCUT2D eigenvalue weighted by molar-refractivity contribution is 4.80. The predicted molar refractivity (Wildman–Crippen MR) is 55.2 cm³/mol. The number of ether oxygens (including phenoxy) is 1. The van der Waals surface area contributed by atoms with Gasteiger partial charge in [-0.2, -0.15) is 5.10 Å². The summed E-state index contributed by atoms with van der Waals surface area (Å²) in [6.45, 7) is 3.87. The largest absolute Gasteiger partial charge is 0.374 e. The molecule has 1 aliphatic rings. The minimum Gasteiger partial charge on any atom is -0.374 e. The molecule has 0 radical (unpaired) electrons. The number of likely N-dealkylation sites (N-methyl/N-ethyl adjacent to an activating group) is 1. The Bertz CT molecular complexity index is 313. The number of morpholine rings is 1. The van der Waals surface area contributed by atoms with Crippen LogP contribution in [0.2, 0.25) is 0 Å². The van der Waals surface area contributed by atoms with E-state index in [1.165, 1.54) is 0 Å². The molecule has 0 aliphatic carbocycles. The van der Waals surface area contributed by atoms with Gasteiger partial charge in [-0.1, -0.05) is 0 Å². The quantitative estimate of drug-likeness (QED) is 0.699. The van der Waals surface area contributed by atoms with Crippen LogP contribution in [0.3, 0.4) is 0 Å². The molecule has 1 fully saturated rings. The van der Waals surface area contributed by atoms with Gasteiger partial charge in [0.1, 0.15) is 6.33 Å². The molecule has 1 unspecified atom stereocenters. The van der Waals surface area contributed by atoms with Crippen molar-refractivity contribution in [1.82, 2.24) is 19.7 Å². The Balaban J connectivity index is 1.90. The van der Waals surface area contributed by atoms with Crippen LogP contribution in [0.25, 0.3) is 0 Å². The zero-order valence-electron chi connectivity index (χ0n) is 8.96. The van der Waals surface area contributed by atoms with E-state index in [9.17, 15) is 0 Å². The van der Waals surface area contributed by atoms with Crippen molar-refractivity contribution in [3.63, 3.8) is 0 Å². The molecule has 1 aromatic rings. The van der Waals surface area contributed by atoms with Crippen molar-refractivity contribution in [3.05, 3.63) is 12.2 Å². The molecule has 0 bridgehead atoms. The van der Waals surface area contributed by atoms with E-state index >= 15 is 0 Å². The normalized spacial score (nSPS) is 23.2. The van der Waals surface area contributed by atoms with Gasteiger partial charge in [0.25, 0.3) is 0 Å². The van der Waals surface area contributed by atoms with E-state index in [1.807, 2.05) is 0 Å². The number of hydrogen-bond acceptors (Lipinski definition) is 5. The zero-order valence-corrected chi connectivity index (χ0v) is 8.96. The van der Waals surface area contributed by atoms with Gasteiger partial charge in [-0.25, -0.2) is 9.67 Å². The van der Waals surface area contributed by atoms with Gasteiger partial charge in [0.15, 0.2) is 5.82 Å². The Kier molecular flexibility index (Phi) is 3.30. The molecule has 0 aromatic carbocycles. The van der Waals surface area contributed by atoms with Gasteiger partial charge in [0.05, 0.1) is 25.8 Å². The average Bonchev–Trinajstić information content (AvgIpc) is 2.65. The highest BCUT2D eigenvalue weighted by atomic mass is 16.5. The van der Waals surface area contributed by atoms with E-state index in [2.05, 4.69) is 22.0 Å². The smallest absolute Gasteiger partial charge is 0.164 e. The van der Waals surface area contributed by atoms with Crippen LogP contribution in [0.15, 0.2) is 6.33 Å². The van der Waals surface area contributed by atoms with Crippen LogP contribution in [0.5, 0.6) is 0 Å². The highest BCUT2D eigenvalue weighted by Crippen LogP contribution is 2.05. The van der Waals surface area contributed by atoms with Crippen molar-refractivity contribution in [1.29, 1.82) is 0 Å². The van der Waals surface area contributed by atoms with E-state index in [4.69, 9.17) is 10.5 Å². The summed E-state index contributed by atoms with van der Waals surface area (Å²) in [6, 6.07) is 0. The third-order valence-electron chi connectivity index (χ3n) is 2.50. The van der Waals surface area contributed by atoms with Crippen LogP contribution >= 0.6 is 0 Å². The van der Waals surface area contributed by atoms with E-state index < -0.39 is 0 Å². The van der Waals surface area contributed by atoms with Crippen LogP contribution in [-0.2, 0) is 17.8 Å². The molecule has 0 amide bonds. The van der Waals surface area contributed by atoms with Crippen LogP contribution in [0, 0.1) is 0 Å². The minimum absolute atomic E-state index is 0.205. The van der Waals surface area contributed by atoms with E-state index in [1.54, 1.807) is 11.0 Å². The fraction of sp³-hybridized carbons (Fsp3) is 0.778. The molecule has 84 valence electrons. The molecule has 2 rings (SSSR count). The van der Waals surface area contributed by atoms with Crippen molar-refractivity contribution in [3.8, 4) is 0 Å². The first-order valence-electron chi connectivity index (χ1n) is 5.16. The number of nitrogens with two attached hydrogens (primary N) is 1. The minimum atomic E-state index is 0.205. The molecule has 6 nitrogen and oxygen atoms in total. The molecule has 1 saturated heterocycles. The monoisotopic (exact) mass is 211 g/mol. The summed E-state index contributed by atoms with van der Waals surface area (Å²) in [5.41, 5.74) is 5.44. The maximum atomic E-state index is 5.63. The highest BCUT2D eigenvalue weighted by Gasteiger charge is 2.18. The molecule has 15 heavy (non-hydrogen) atoms. The Morgan fingerprint density at radius 1 is 1.67 bits per heavy atom. The SMILES string of the molecule is CN1CCOC(Cn2cnc(CN)n2)C1. The third-order valence-corrected chi connectivity index (χ3v) is 2.50. The van der Waals surface area contributed by atoms with Crippen molar-refractivity contribution >= 4 is 0 Å². The lowest BCUT2D eigenvalue weighted by molar-refractivity contribution is -0.0291. The maximum Gasteiger partial charge on any atom is 0.164 e. The Hall–Kier alpha value is -0.980. The molecule has 2 N–H and O–H groups in total. The Morgan fingerprint density at radius 3 is 3.20 bits per heavy atom. The predicted octanol–water partition coefficient (Wildman–Crippen LogP) is -0.933. The summed E-state index contributed by atoms with van der Waals surface area (Å²) in [4.78, 5) is 6.34. The molecule has 0 spiro atoms. The van der Waals surface area contributed by atoms with Crippen LogP contribution in [-0.4, -0.2) is 52.5 Å². The summed E-state index contributed by atoms with van der Waals surface area (Å²) in [6.07, 6.45) is 1.91. The van der Waals surface area contributed by atoms with Crippen LogP contribution in [0.4, 0.5) is 0 Å². The fourth-order valence-electron chi connectivity index (χ4n) is 1.70. The van der Waals surface area contributed by atoms with E-state index in [0.717, 1.165) is 26.2 Å². The van der Waals surface area contributed by atoms with Gasteiger partial charge < -0.3 is 15.4 Å².